The van der Waals surface area contributed by atoms with Gasteiger partial charge in [0.25, 0.3) is 0 Å². The maximum absolute atomic E-state index is 6.19. The Morgan fingerprint density at radius 1 is 1.28 bits per heavy atom. The molecule has 18 heavy (non-hydrogen) atoms. The minimum absolute atomic E-state index is 0.154. The number of nitrogens with two attached hydrogens (primary N) is 1. The summed E-state index contributed by atoms with van der Waals surface area (Å²) in [6.45, 7) is 8.73. The first-order valence-electron chi connectivity index (χ1n) is 6.89. The summed E-state index contributed by atoms with van der Waals surface area (Å²) in [6, 6.07) is 8.73. The molecule has 1 aromatic carbocycles. The van der Waals surface area contributed by atoms with Gasteiger partial charge in [-0.1, -0.05) is 24.3 Å². The highest BCUT2D eigenvalue weighted by Crippen LogP contribution is 2.42. The van der Waals surface area contributed by atoms with E-state index >= 15 is 0 Å². The minimum atomic E-state index is 0.154. The standard InChI is InChI=1S/C16H26N2/c1-13-7-5-6-8-14(13)16(12-17)9-10-18(4)15(2,3)11-16/h5-8H,9-12,17H2,1-4H3. The fraction of sp³-hybridized carbons (Fsp3) is 0.625. The zero-order valence-electron chi connectivity index (χ0n) is 12.2. The van der Waals surface area contributed by atoms with Crippen LogP contribution in [0, 0.1) is 6.92 Å². The molecular weight excluding hydrogens is 220 g/mol. The van der Waals surface area contributed by atoms with Crippen LogP contribution in [0.4, 0.5) is 0 Å². The number of aryl methyl sites for hydroxylation is 1. The molecule has 0 radical (unpaired) electrons. The van der Waals surface area contributed by atoms with Gasteiger partial charge in [-0.2, -0.15) is 0 Å². The first-order chi connectivity index (χ1) is 8.41. The molecule has 0 saturated carbocycles. The lowest BCUT2D eigenvalue weighted by Gasteiger charge is -2.50. The summed E-state index contributed by atoms with van der Waals surface area (Å²) < 4.78 is 0. The van der Waals surface area contributed by atoms with Gasteiger partial charge in [-0.15, -0.1) is 0 Å². The molecular formula is C16H26N2. The van der Waals surface area contributed by atoms with Crippen molar-refractivity contribution in [3.63, 3.8) is 0 Å². The summed E-state index contributed by atoms with van der Waals surface area (Å²) in [4.78, 5) is 2.46. The van der Waals surface area contributed by atoms with Gasteiger partial charge in [0.2, 0.25) is 0 Å². The second-order valence-electron chi connectivity index (χ2n) is 6.46. The van der Waals surface area contributed by atoms with E-state index in [1.807, 2.05) is 0 Å². The molecule has 1 saturated heterocycles. The lowest BCUT2D eigenvalue weighted by Crippen LogP contribution is -2.55. The highest BCUT2D eigenvalue weighted by atomic mass is 15.2. The summed E-state index contributed by atoms with van der Waals surface area (Å²) in [7, 11) is 2.22. The number of hydrogen-bond donors (Lipinski definition) is 1. The number of benzene rings is 1. The van der Waals surface area contributed by atoms with Gasteiger partial charge in [-0.05, 0) is 58.3 Å². The first kappa shape index (κ1) is 13.6. The molecule has 1 fully saturated rings. The van der Waals surface area contributed by atoms with Gasteiger partial charge >= 0.3 is 0 Å². The Balaban J connectivity index is 2.41. The maximum Gasteiger partial charge on any atom is 0.0159 e. The topological polar surface area (TPSA) is 29.3 Å². The molecule has 1 aromatic rings. The van der Waals surface area contributed by atoms with Crippen molar-refractivity contribution in [2.75, 3.05) is 20.1 Å². The van der Waals surface area contributed by atoms with Gasteiger partial charge in [0.05, 0.1) is 0 Å². The fourth-order valence-electron chi connectivity index (χ4n) is 3.42. The smallest absolute Gasteiger partial charge is 0.0159 e. The van der Waals surface area contributed by atoms with Crippen molar-refractivity contribution in [1.82, 2.24) is 4.90 Å². The van der Waals surface area contributed by atoms with Crippen LogP contribution in [0.15, 0.2) is 24.3 Å². The van der Waals surface area contributed by atoms with Crippen LogP contribution in [0.3, 0.4) is 0 Å². The number of rotatable bonds is 2. The van der Waals surface area contributed by atoms with Gasteiger partial charge in [0.1, 0.15) is 0 Å². The normalized spacial score (nSPS) is 28.3. The molecule has 1 heterocycles. The van der Waals surface area contributed by atoms with Crippen LogP contribution in [0.2, 0.25) is 0 Å². The molecule has 0 aliphatic carbocycles. The van der Waals surface area contributed by atoms with E-state index in [-0.39, 0.29) is 11.0 Å². The molecule has 0 bridgehead atoms. The number of piperidine rings is 1. The van der Waals surface area contributed by atoms with E-state index in [0.29, 0.717) is 0 Å². The minimum Gasteiger partial charge on any atom is -0.330 e. The van der Waals surface area contributed by atoms with Gasteiger partial charge in [-0.3, -0.25) is 0 Å². The lowest BCUT2D eigenvalue weighted by atomic mass is 9.66. The third kappa shape index (κ3) is 2.19. The number of likely N-dealkylation sites (tertiary alicyclic amines) is 1. The zero-order chi connectivity index (χ0) is 13.4. The predicted molar refractivity (Wildman–Crippen MR) is 77.9 cm³/mol. The van der Waals surface area contributed by atoms with Crippen LogP contribution in [0.1, 0.15) is 37.8 Å². The van der Waals surface area contributed by atoms with Gasteiger partial charge in [0.15, 0.2) is 0 Å². The van der Waals surface area contributed by atoms with Crippen molar-refractivity contribution < 1.29 is 0 Å². The van der Waals surface area contributed by atoms with Crippen LogP contribution >= 0.6 is 0 Å². The second-order valence-corrected chi connectivity index (χ2v) is 6.46. The SMILES string of the molecule is Cc1ccccc1C1(CN)CCN(C)C(C)(C)C1. The molecule has 1 aliphatic heterocycles. The van der Waals surface area contributed by atoms with Gasteiger partial charge < -0.3 is 10.6 Å². The Morgan fingerprint density at radius 3 is 2.50 bits per heavy atom. The number of hydrogen-bond acceptors (Lipinski definition) is 2. The molecule has 0 spiro atoms. The monoisotopic (exact) mass is 246 g/mol. The molecule has 1 atom stereocenters. The van der Waals surface area contributed by atoms with E-state index in [4.69, 9.17) is 5.73 Å². The molecule has 1 unspecified atom stereocenters. The van der Waals surface area contributed by atoms with E-state index < -0.39 is 0 Å². The Bertz CT molecular complexity index is 425. The summed E-state index contributed by atoms with van der Waals surface area (Å²) in [5.74, 6) is 0. The number of nitrogens with zero attached hydrogens (tertiary/aromatic N) is 1. The third-order valence-electron chi connectivity index (χ3n) is 4.84. The molecule has 0 aromatic heterocycles. The molecule has 2 heteroatoms. The van der Waals surface area contributed by atoms with E-state index in [1.165, 1.54) is 11.1 Å². The highest BCUT2D eigenvalue weighted by Gasteiger charge is 2.43. The molecule has 2 N–H and O–H groups in total. The predicted octanol–water partition coefficient (Wildman–Crippen LogP) is 2.70. The van der Waals surface area contributed by atoms with Crippen LogP contribution in [-0.2, 0) is 5.41 Å². The Labute approximate surface area is 111 Å². The molecule has 2 rings (SSSR count). The Hall–Kier alpha value is -0.860. The average molecular weight is 246 g/mol. The quantitative estimate of drug-likeness (QED) is 0.869. The highest BCUT2D eigenvalue weighted by molar-refractivity contribution is 5.35. The largest absolute Gasteiger partial charge is 0.330 e. The van der Waals surface area contributed by atoms with Crippen molar-refractivity contribution in [2.45, 2.75) is 44.6 Å². The van der Waals surface area contributed by atoms with Crippen LogP contribution < -0.4 is 5.73 Å². The zero-order valence-corrected chi connectivity index (χ0v) is 12.2. The summed E-state index contributed by atoms with van der Waals surface area (Å²) in [5, 5.41) is 0. The van der Waals surface area contributed by atoms with Gasteiger partial charge in [0, 0.05) is 17.5 Å². The molecule has 0 amide bonds. The van der Waals surface area contributed by atoms with Crippen LogP contribution in [0.25, 0.3) is 0 Å². The molecule has 100 valence electrons. The van der Waals surface area contributed by atoms with E-state index in [9.17, 15) is 0 Å². The summed E-state index contributed by atoms with van der Waals surface area (Å²) in [6.07, 6.45) is 2.30. The Morgan fingerprint density at radius 2 is 1.94 bits per heavy atom. The maximum atomic E-state index is 6.19. The third-order valence-corrected chi connectivity index (χ3v) is 4.84. The average Bonchev–Trinajstić information content (AvgIpc) is 2.33. The summed E-state index contributed by atoms with van der Waals surface area (Å²) in [5.41, 5.74) is 9.39. The molecule has 1 aliphatic rings. The molecule has 2 nitrogen and oxygen atoms in total. The van der Waals surface area contributed by atoms with Crippen molar-refractivity contribution in [3.05, 3.63) is 35.4 Å². The van der Waals surface area contributed by atoms with Crippen LogP contribution in [-0.4, -0.2) is 30.6 Å². The summed E-state index contributed by atoms with van der Waals surface area (Å²) >= 11 is 0. The Kier molecular flexibility index (Phi) is 3.52. The van der Waals surface area contributed by atoms with Gasteiger partial charge in [-0.25, -0.2) is 0 Å². The first-order valence-corrected chi connectivity index (χ1v) is 6.89. The fourth-order valence-corrected chi connectivity index (χ4v) is 3.42. The van der Waals surface area contributed by atoms with E-state index in [1.54, 1.807) is 0 Å². The van der Waals surface area contributed by atoms with Crippen molar-refractivity contribution >= 4 is 0 Å². The van der Waals surface area contributed by atoms with Crippen molar-refractivity contribution in [1.29, 1.82) is 0 Å². The van der Waals surface area contributed by atoms with Crippen molar-refractivity contribution in [2.24, 2.45) is 5.73 Å². The van der Waals surface area contributed by atoms with E-state index in [2.05, 4.69) is 57.0 Å². The second kappa shape index (κ2) is 4.67. The lowest BCUT2D eigenvalue weighted by molar-refractivity contribution is 0.0565. The van der Waals surface area contributed by atoms with Crippen LogP contribution in [0.5, 0.6) is 0 Å². The van der Waals surface area contributed by atoms with Crippen molar-refractivity contribution in [3.8, 4) is 0 Å². The van der Waals surface area contributed by atoms with E-state index in [0.717, 1.165) is 25.9 Å².